The molecular weight excluding hydrogens is 208 g/mol. The fourth-order valence-electron chi connectivity index (χ4n) is 1.71. The molecule has 4 nitrogen and oxygen atoms in total. The van der Waals surface area contributed by atoms with Crippen LogP contribution >= 0.6 is 0 Å². The first-order chi connectivity index (χ1) is 7.69. The highest BCUT2D eigenvalue weighted by atomic mass is 16.3. The van der Waals surface area contributed by atoms with Gasteiger partial charge in [0.15, 0.2) is 12.6 Å². The van der Waals surface area contributed by atoms with Crippen molar-refractivity contribution in [3.63, 3.8) is 0 Å². The van der Waals surface area contributed by atoms with E-state index in [9.17, 15) is 19.8 Å². The van der Waals surface area contributed by atoms with Crippen molar-refractivity contribution in [3.8, 4) is 11.5 Å². The molecule has 0 saturated heterocycles. The number of carbonyl (C=O) groups excluding carboxylic acids is 2. The van der Waals surface area contributed by atoms with Gasteiger partial charge < -0.3 is 10.2 Å². The largest absolute Gasteiger partial charge is 0.507 e. The summed E-state index contributed by atoms with van der Waals surface area (Å²) in [6.45, 7) is 0. The minimum atomic E-state index is -0.140. The fourth-order valence-corrected chi connectivity index (χ4v) is 1.71. The molecule has 0 spiro atoms. The maximum atomic E-state index is 10.8. The number of phenolic OH excluding ortho intramolecular Hbond substituents is 2. The van der Waals surface area contributed by atoms with Gasteiger partial charge in [-0.15, -0.1) is 0 Å². The standard InChI is InChI=1S/C12H8O4/c13-5-7-1-3-9(15)12-8(6-14)2-4-10(16)11(7)12/h1-6,15-16H. The van der Waals surface area contributed by atoms with E-state index in [-0.39, 0.29) is 33.4 Å². The predicted molar refractivity (Wildman–Crippen MR) is 58.1 cm³/mol. The van der Waals surface area contributed by atoms with Gasteiger partial charge in [0.25, 0.3) is 0 Å². The van der Waals surface area contributed by atoms with Gasteiger partial charge in [0, 0.05) is 21.9 Å². The van der Waals surface area contributed by atoms with Crippen molar-refractivity contribution in [2.75, 3.05) is 0 Å². The molecule has 2 N–H and O–H groups in total. The van der Waals surface area contributed by atoms with E-state index in [1.807, 2.05) is 0 Å². The Morgan fingerprint density at radius 1 is 0.750 bits per heavy atom. The Hall–Kier alpha value is -2.36. The van der Waals surface area contributed by atoms with Gasteiger partial charge in [0.2, 0.25) is 0 Å². The molecule has 2 aromatic rings. The highest BCUT2D eigenvalue weighted by molar-refractivity contribution is 6.10. The van der Waals surface area contributed by atoms with Crippen molar-refractivity contribution in [3.05, 3.63) is 35.4 Å². The van der Waals surface area contributed by atoms with Crippen LogP contribution in [0.1, 0.15) is 20.7 Å². The molecule has 0 radical (unpaired) electrons. The lowest BCUT2D eigenvalue weighted by Gasteiger charge is -2.07. The summed E-state index contributed by atoms with van der Waals surface area (Å²) in [7, 11) is 0. The highest BCUT2D eigenvalue weighted by Crippen LogP contribution is 2.35. The van der Waals surface area contributed by atoms with E-state index >= 15 is 0 Å². The van der Waals surface area contributed by atoms with E-state index in [1.54, 1.807) is 0 Å². The number of fused-ring (bicyclic) bond motifs is 1. The molecule has 2 aromatic carbocycles. The van der Waals surface area contributed by atoms with Gasteiger partial charge in [-0.1, -0.05) is 0 Å². The number of rotatable bonds is 2. The normalized spacial score (nSPS) is 10.2. The summed E-state index contributed by atoms with van der Waals surface area (Å²) in [5.74, 6) is -0.280. The summed E-state index contributed by atoms with van der Waals surface area (Å²) in [5, 5.41) is 19.7. The van der Waals surface area contributed by atoms with E-state index < -0.39 is 0 Å². The Labute approximate surface area is 90.8 Å². The summed E-state index contributed by atoms with van der Waals surface area (Å²) in [4.78, 5) is 21.6. The maximum Gasteiger partial charge on any atom is 0.150 e. The van der Waals surface area contributed by atoms with Crippen LogP contribution in [-0.2, 0) is 0 Å². The van der Waals surface area contributed by atoms with Crippen molar-refractivity contribution >= 4 is 23.3 Å². The minimum absolute atomic E-state index is 0.140. The second kappa shape index (κ2) is 3.66. The van der Waals surface area contributed by atoms with E-state index in [4.69, 9.17) is 0 Å². The number of aromatic hydroxyl groups is 2. The van der Waals surface area contributed by atoms with Crippen molar-refractivity contribution in [2.24, 2.45) is 0 Å². The summed E-state index contributed by atoms with van der Waals surface area (Å²) in [6.07, 6.45) is 1.13. The van der Waals surface area contributed by atoms with Crippen molar-refractivity contribution < 1.29 is 19.8 Å². The molecule has 0 aliphatic heterocycles. The number of benzene rings is 2. The molecule has 0 saturated carbocycles. The highest BCUT2D eigenvalue weighted by Gasteiger charge is 2.12. The second-order valence-corrected chi connectivity index (χ2v) is 3.33. The SMILES string of the molecule is O=Cc1ccc(O)c2c(C=O)ccc(O)c12. The molecule has 0 aliphatic rings. The molecular formula is C12H8O4. The smallest absolute Gasteiger partial charge is 0.150 e. The van der Waals surface area contributed by atoms with Gasteiger partial charge in [0.05, 0.1) is 0 Å². The Kier molecular flexibility index (Phi) is 2.32. The monoisotopic (exact) mass is 216 g/mol. The predicted octanol–water partition coefficient (Wildman–Crippen LogP) is 1.88. The van der Waals surface area contributed by atoms with E-state index in [0.29, 0.717) is 12.6 Å². The van der Waals surface area contributed by atoms with Crippen LogP contribution in [0.3, 0.4) is 0 Å². The van der Waals surface area contributed by atoms with Gasteiger partial charge in [-0.05, 0) is 24.3 Å². The van der Waals surface area contributed by atoms with Gasteiger partial charge in [0.1, 0.15) is 11.5 Å². The molecule has 0 aromatic heterocycles. The van der Waals surface area contributed by atoms with Crippen molar-refractivity contribution in [2.45, 2.75) is 0 Å². The first-order valence-electron chi connectivity index (χ1n) is 4.57. The Morgan fingerprint density at radius 2 is 1.12 bits per heavy atom. The third-order valence-electron chi connectivity index (χ3n) is 2.44. The minimum Gasteiger partial charge on any atom is -0.507 e. The van der Waals surface area contributed by atoms with Gasteiger partial charge in [-0.3, -0.25) is 9.59 Å². The van der Waals surface area contributed by atoms with Gasteiger partial charge >= 0.3 is 0 Å². The van der Waals surface area contributed by atoms with Crippen LogP contribution in [0.2, 0.25) is 0 Å². The molecule has 0 bridgehead atoms. The summed E-state index contributed by atoms with van der Waals surface area (Å²) in [6, 6.07) is 5.41. The molecule has 2 rings (SSSR count). The van der Waals surface area contributed by atoms with Crippen LogP contribution < -0.4 is 0 Å². The molecule has 0 fully saturated rings. The van der Waals surface area contributed by atoms with Crippen LogP contribution in [0.4, 0.5) is 0 Å². The van der Waals surface area contributed by atoms with Crippen LogP contribution in [0, 0.1) is 0 Å². The molecule has 4 heteroatoms. The zero-order valence-electron chi connectivity index (χ0n) is 8.18. The third-order valence-corrected chi connectivity index (χ3v) is 2.44. The van der Waals surface area contributed by atoms with E-state index in [1.165, 1.54) is 24.3 Å². The molecule has 0 atom stereocenters. The van der Waals surface area contributed by atoms with E-state index in [0.717, 1.165) is 0 Å². The summed E-state index contributed by atoms with van der Waals surface area (Å²) in [5.41, 5.74) is 0.461. The molecule has 80 valence electrons. The van der Waals surface area contributed by atoms with Crippen LogP contribution in [-0.4, -0.2) is 22.8 Å². The zero-order chi connectivity index (χ0) is 11.7. The Morgan fingerprint density at radius 3 is 1.44 bits per heavy atom. The maximum absolute atomic E-state index is 10.8. The lowest BCUT2D eigenvalue weighted by Crippen LogP contribution is -1.89. The second-order valence-electron chi connectivity index (χ2n) is 3.33. The number of phenols is 2. The average Bonchev–Trinajstić information content (AvgIpc) is 2.31. The fraction of sp³-hybridized carbons (Fsp3) is 0. The molecule has 0 unspecified atom stereocenters. The average molecular weight is 216 g/mol. The first kappa shape index (κ1) is 10.2. The molecule has 0 aliphatic carbocycles. The summed E-state index contributed by atoms with van der Waals surface area (Å²) >= 11 is 0. The first-order valence-corrected chi connectivity index (χ1v) is 4.57. The van der Waals surface area contributed by atoms with Crippen LogP contribution in [0.25, 0.3) is 10.8 Å². The zero-order valence-corrected chi connectivity index (χ0v) is 8.18. The molecule has 0 heterocycles. The van der Waals surface area contributed by atoms with Crippen LogP contribution in [0.5, 0.6) is 11.5 Å². The quantitative estimate of drug-likeness (QED) is 0.751. The number of carbonyl (C=O) groups is 2. The van der Waals surface area contributed by atoms with Gasteiger partial charge in [-0.2, -0.15) is 0 Å². The third kappa shape index (κ3) is 1.32. The summed E-state index contributed by atoms with van der Waals surface area (Å²) < 4.78 is 0. The van der Waals surface area contributed by atoms with Gasteiger partial charge in [-0.25, -0.2) is 0 Å². The van der Waals surface area contributed by atoms with E-state index in [2.05, 4.69) is 0 Å². The lowest BCUT2D eigenvalue weighted by molar-refractivity contribution is 0.111. The Balaban J connectivity index is 3.06. The number of hydrogen-bond donors (Lipinski definition) is 2. The van der Waals surface area contributed by atoms with Crippen molar-refractivity contribution in [1.82, 2.24) is 0 Å². The molecule has 16 heavy (non-hydrogen) atoms. The Bertz CT molecular complexity index is 534. The topological polar surface area (TPSA) is 74.6 Å². The number of hydrogen-bond acceptors (Lipinski definition) is 4. The van der Waals surface area contributed by atoms with Crippen LogP contribution in [0.15, 0.2) is 24.3 Å². The lowest BCUT2D eigenvalue weighted by atomic mass is 9.99. The molecule has 0 amide bonds. The van der Waals surface area contributed by atoms with Crippen molar-refractivity contribution in [1.29, 1.82) is 0 Å². The number of aldehydes is 2.